The van der Waals surface area contributed by atoms with Crippen LogP contribution in [0.2, 0.25) is 0 Å². The number of benzene rings is 1. The largest absolute Gasteiger partial charge is 0.399 e. The van der Waals surface area contributed by atoms with Crippen molar-refractivity contribution in [3.8, 4) is 0 Å². The van der Waals surface area contributed by atoms with Gasteiger partial charge in [0.05, 0.1) is 11.0 Å². The topological polar surface area (TPSA) is 43.8 Å². The molecule has 0 spiro atoms. The highest BCUT2D eigenvalue weighted by Crippen LogP contribution is 2.29. The summed E-state index contributed by atoms with van der Waals surface area (Å²) < 4.78 is 2.33. The van der Waals surface area contributed by atoms with Crippen molar-refractivity contribution in [3.05, 3.63) is 24.0 Å². The van der Waals surface area contributed by atoms with Gasteiger partial charge in [0.25, 0.3) is 0 Å². The molecule has 1 heterocycles. The summed E-state index contributed by atoms with van der Waals surface area (Å²) in [6.07, 6.45) is 2.36. The van der Waals surface area contributed by atoms with Gasteiger partial charge in [-0.2, -0.15) is 0 Å². The lowest BCUT2D eigenvalue weighted by Gasteiger charge is -2.17. The summed E-state index contributed by atoms with van der Waals surface area (Å²) in [5.41, 5.74) is 8.91. The van der Waals surface area contributed by atoms with Crippen LogP contribution in [0.5, 0.6) is 0 Å². The number of hydrogen-bond acceptors (Lipinski definition) is 2. The number of nitrogens with two attached hydrogens (primary N) is 1. The molecule has 0 aliphatic rings. The van der Waals surface area contributed by atoms with Gasteiger partial charge in [-0.15, -0.1) is 0 Å². The van der Waals surface area contributed by atoms with E-state index < -0.39 is 0 Å². The Bertz CT molecular complexity index is 540. The second-order valence-corrected chi connectivity index (χ2v) is 5.37. The summed E-state index contributed by atoms with van der Waals surface area (Å²) in [5, 5.41) is 0. The molecule has 0 aliphatic heterocycles. The van der Waals surface area contributed by atoms with E-state index in [4.69, 9.17) is 10.7 Å². The Labute approximate surface area is 109 Å². The monoisotopic (exact) mass is 245 g/mol. The average Bonchev–Trinajstić information content (AvgIpc) is 2.67. The minimum absolute atomic E-state index is 0.408. The normalized spacial score (nSPS) is 13.4. The molecule has 0 fully saturated rings. The summed E-state index contributed by atoms with van der Waals surface area (Å²) in [4.78, 5) is 4.80. The van der Waals surface area contributed by atoms with Crippen molar-refractivity contribution in [2.24, 2.45) is 0 Å². The van der Waals surface area contributed by atoms with E-state index >= 15 is 0 Å². The van der Waals surface area contributed by atoms with Crippen molar-refractivity contribution in [1.82, 2.24) is 9.55 Å². The zero-order valence-corrected chi connectivity index (χ0v) is 11.8. The first-order chi connectivity index (χ1) is 8.54. The number of nitrogens with zero attached hydrogens (tertiary/aromatic N) is 2. The van der Waals surface area contributed by atoms with Gasteiger partial charge in [-0.1, -0.05) is 20.3 Å². The molecule has 2 rings (SSSR count). The number of nitrogen functional groups attached to an aromatic ring is 1. The number of fused-ring (bicyclic) bond motifs is 1. The predicted octanol–water partition coefficient (Wildman–Crippen LogP) is 4.10. The average molecular weight is 245 g/mol. The maximum Gasteiger partial charge on any atom is 0.112 e. The molecule has 0 bridgehead atoms. The van der Waals surface area contributed by atoms with Gasteiger partial charge < -0.3 is 10.3 Å². The molecule has 0 aliphatic carbocycles. The zero-order chi connectivity index (χ0) is 13.3. The molecule has 0 radical (unpaired) electrons. The first-order valence-electron chi connectivity index (χ1n) is 6.82. The molecular weight excluding hydrogens is 222 g/mol. The minimum atomic E-state index is 0.408. The van der Waals surface area contributed by atoms with Crippen LogP contribution in [0.3, 0.4) is 0 Å². The molecule has 1 unspecified atom stereocenters. The summed E-state index contributed by atoms with van der Waals surface area (Å²) in [6, 6.07) is 6.39. The van der Waals surface area contributed by atoms with Crippen molar-refractivity contribution in [2.45, 2.75) is 52.5 Å². The lowest BCUT2D eigenvalue weighted by molar-refractivity contribution is 0.531. The Hall–Kier alpha value is -1.51. The lowest BCUT2D eigenvalue weighted by Crippen LogP contribution is -2.09. The summed E-state index contributed by atoms with van der Waals surface area (Å²) in [6.45, 7) is 8.88. The van der Waals surface area contributed by atoms with E-state index in [1.54, 1.807) is 0 Å². The summed E-state index contributed by atoms with van der Waals surface area (Å²) in [5.74, 6) is 1.68. The minimum Gasteiger partial charge on any atom is -0.399 e. The van der Waals surface area contributed by atoms with E-state index in [2.05, 4.69) is 32.3 Å². The molecule has 18 heavy (non-hydrogen) atoms. The van der Waals surface area contributed by atoms with Crippen LogP contribution in [0.1, 0.15) is 58.3 Å². The highest BCUT2D eigenvalue weighted by molar-refractivity contribution is 5.80. The van der Waals surface area contributed by atoms with Gasteiger partial charge in [0.1, 0.15) is 5.82 Å². The number of rotatable bonds is 4. The Balaban J connectivity index is 2.61. The number of imidazole rings is 1. The molecule has 0 amide bonds. The van der Waals surface area contributed by atoms with Gasteiger partial charge in [-0.3, -0.25) is 0 Å². The first-order valence-corrected chi connectivity index (χ1v) is 6.82. The fourth-order valence-corrected chi connectivity index (χ4v) is 2.58. The molecule has 2 aromatic rings. The molecule has 0 saturated carbocycles. The Kier molecular flexibility index (Phi) is 3.60. The summed E-state index contributed by atoms with van der Waals surface area (Å²) >= 11 is 0. The molecule has 3 nitrogen and oxygen atoms in total. The molecule has 1 aromatic carbocycles. The summed E-state index contributed by atoms with van der Waals surface area (Å²) in [7, 11) is 0. The molecule has 3 heteroatoms. The molecule has 1 atom stereocenters. The van der Waals surface area contributed by atoms with Crippen LogP contribution in [-0.4, -0.2) is 9.55 Å². The molecule has 1 aromatic heterocycles. The third kappa shape index (κ3) is 2.22. The second-order valence-electron chi connectivity index (χ2n) is 5.37. The van der Waals surface area contributed by atoms with Crippen molar-refractivity contribution in [1.29, 1.82) is 0 Å². The lowest BCUT2D eigenvalue weighted by atomic mass is 10.1. The van der Waals surface area contributed by atoms with E-state index in [0.29, 0.717) is 12.0 Å². The molecular formula is C15H23N3. The van der Waals surface area contributed by atoms with Crippen LogP contribution in [-0.2, 0) is 0 Å². The quantitative estimate of drug-likeness (QED) is 0.824. The maximum atomic E-state index is 5.90. The van der Waals surface area contributed by atoms with Gasteiger partial charge in [-0.25, -0.2) is 4.98 Å². The van der Waals surface area contributed by atoms with E-state index in [-0.39, 0.29) is 0 Å². The van der Waals surface area contributed by atoms with Crippen LogP contribution in [0.4, 0.5) is 5.69 Å². The maximum absolute atomic E-state index is 5.90. The Morgan fingerprint density at radius 1 is 1.28 bits per heavy atom. The number of aromatic nitrogens is 2. The third-order valence-corrected chi connectivity index (χ3v) is 3.42. The Morgan fingerprint density at radius 2 is 2.00 bits per heavy atom. The number of anilines is 1. The van der Waals surface area contributed by atoms with Crippen molar-refractivity contribution in [3.63, 3.8) is 0 Å². The molecule has 98 valence electrons. The van der Waals surface area contributed by atoms with Crippen LogP contribution in [0.25, 0.3) is 11.0 Å². The van der Waals surface area contributed by atoms with Crippen molar-refractivity contribution < 1.29 is 0 Å². The molecule has 2 N–H and O–H groups in total. The second kappa shape index (κ2) is 5.01. The highest BCUT2D eigenvalue weighted by Gasteiger charge is 2.17. The van der Waals surface area contributed by atoms with Gasteiger partial charge in [0.2, 0.25) is 0 Å². The van der Waals surface area contributed by atoms with E-state index in [9.17, 15) is 0 Å². The van der Waals surface area contributed by atoms with E-state index in [1.165, 1.54) is 18.7 Å². The SMILES string of the molecule is CCCC(C)c1nc2ccc(N)cc2n1C(C)C. The van der Waals surface area contributed by atoms with E-state index in [1.807, 2.05) is 18.2 Å². The molecule has 0 saturated heterocycles. The van der Waals surface area contributed by atoms with Crippen LogP contribution >= 0.6 is 0 Å². The fraction of sp³-hybridized carbons (Fsp3) is 0.533. The predicted molar refractivity (Wildman–Crippen MR) is 77.9 cm³/mol. The van der Waals surface area contributed by atoms with E-state index in [0.717, 1.165) is 16.7 Å². The van der Waals surface area contributed by atoms with Crippen molar-refractivity contribution in [2.75, 3.05) is 5.73 Å². The zero-order valence-electron chi connectivity index (χ0n) is 11.8. The fourth-order valence-electron chi connectivity index (χ4n) is 2.58. The van der Waals surface area contributed by atoms with Gasteiger partial charge in [0.15, 0.2) is 0 Å². The van der Waals surface area contributed by atoms with Crippen molar-refractivity contribution >= 4 is 16.7 Å². The van der Waals surface area contributed by atoms with Gasteiger partial charge in [-0.05, 0) is 38.5 Å². The first kappa shape index (κ1) is 12.9. The highest BCUT2D eigenvalue weighted by atomic mass is 15.1. The Morgan fingerprint density at radius 3 is 2.61 bits per heavy atom. The third-order valence-electron chi connectivity index (χ3n) is 3.42. The standard InChI is InChI=1S/C15H23N3/c1-5-6-11(4)15-17-13-8-7-12(16)9-14(13)18(15)10(2)3/h7-11H,5-6,16H2,1-4H3. The van der Waals surface area contributed by atoms with Gasteiger partial charge >= 0.3 is 0 Å². The van der Waals surface area contributed by atoms with Crippen LogP contribution in [0.15, 0.2) is 18.2 Å². The van der Waals surface area contributed by atoms with Gasteiger partial charge in [0, 0.05) is 17.6 Å². The van der Waals surface area contributed by atoms with Crippen LogP contribution in [0, 0.1) is 0 Å². The smallest absolute Gasteiger partial charge is 0.112 e. The number of hydrogen-bond donors (Lipinski definition) is 1. The van der Waals surface area contributed by atoms with Crippen LogP contribution < -0.4 is 5.73 Å².